The van der Waals surface area contributed by atoms with Gasteiger partial charge in [-0.3, -0.25) is 19.2 Å². The van der Waals surface area contributed by atoms with Gasteiger partial charge >= 0.3 is 0 Å². The van der Waals surface area contributed by atoms with E-state index in [9.17, 15) is 33.2 Å². The largest absolute Gasteiger partial charge is 0.341 e. The van der Waals surface area contributed by atoms with Crippen molar-refractivity contribution in [2.24, 2.45) is 17.3 Å². The summed E-state index contributed by atoms with van der Waals surface area (Å²) in [7, 11) is 0. The molecule has 1 unspecified atom stereocenters. The molecule has 4 heterocycles. The summed E-state index contributed by atoms with van der Waals surface area (Å²) in [6.07, 6.45) is 1.58. The lowest BCUT2D eigenvalue weighted by Gasteiger charge is -2.38. The van der Waals surface area contributed by atoms with Crippen molar-refractivity contribution in [2.45, 2.75) is 94.7 Å². The molecule has 7 atom stereocenters. The number of halogens is 2. The molecule has 4 amide bonds. The van der Waals surface area contributed by atoms with Gasteiger partial charge in [-0.15, -0.1) is 0 Å². The van der Waals surface area contributed by atoms with Gasteiger partial charge in [0, 0.05) is 31.3 Å². The standard InChI is InChI=1S/C30H36F2N6O4/c1-28(2,3)22(35-27(42)30(32)8-9-30)25(40)37-14-16-6-7-17(31)11-19(16)21(37)24(39)38-15-29(12-18(38)13-33)20-5-4-10-34-23(20)36-26(29)41/h4-5,10,16-19,21-22H,6-9,11-12,14-15H2,1-3H3,(H,35,42)(H,34,36,41)/t16?,17-,18+,19+,21+,22-,29+/m1/s1. The summed E-state index contributed by atoms with van der Waals surface area (Å²) in [6.45, 7) is 5.38. The van der Waals surface area contributed by atoms with Gasteiger partial charge in [0.1, 0.15) is 30.1 Å². The van der Waals surface area contributed by atoms with Crippen molar-refractivity contribution in [1.82, 2.24) is 20.1 Å². The Hall–Kier alpha value is -3.62. The first-order valence-electron chi connectivity index (χ1n) is 14.7. The maximum atomic E-state index is 14.8. The molecule has 10 nitrogen and oxygen atoms in total. The number of carbonyl (C=O) groups is 4. The molecule has 4 fully saturated rings. The van der Waals surface area contributed by atoms with Crippen molar-refractivity contribution in [3.8, 4) is 6.07 Å². The molecule has 6 rings (SSSR count). The summed E-state index contributed by atoms with van der Waals surface area (Å²) in [5.41, 5.74) is -3.35. The minimum Gasteiger partial charge on any atom is -0.341 e. The van der Waals surface area contributed by atoms with Crippen LogP contribution in [0.25, 0.3) is 0 Å². The zero-order chi connectivity index (χ0) is 30.2. The van der Waals surface area contributed by atoms with Crippen LogP contribution in [0.2, 0.25) is 0 Å². The van der Waals surface area contributed by atoms with E-state index in [2.05, 4.69) is 21.7 Å². The molecule has 2 saturated heterocycles. The van der Waals surface area contributed by atoms with Gasteiger partial charge in [0.25, 0.3) is 5.91 Å². The first-order valence-corrected chi connectivity index (χ1v) is 14.7. The summed E-state index contributed by atoms with van der Waals surface area (Å²) in [4.78, 5) is 61.7. The smallest absolute Gasteiger partial charge is 0.258 e. The molecular formula is C30H36F2N6O4. The highest BCUT2D eigenvalue weighted by Gasteiger charge is 2.60. The van der Waals surface area contributed by atoms with Crippen LogP contribution >= 0.6 is 0 Å². The maximum Gasteiger partial charge on any atom is 0.258 e. The minimum atomic E-state index is -1.99. The summed E-state index contributed by atoms with van der Waals surface area (Å²) in [5.74, 6) is -2.46. The molecule has 2 aliphatic carbocycles. The Morgan fingerprint density at radius 1 is 1.24 bits per heavy atom. The van der Waals surface area contributed by atoms with Crippen molar-refractivity contribution < 1.29 is 28.0 Å². The average Bonchev–Trinajstić information content (AvgIpc) is 3.30. The second-order valence-electron chi connectivity index (χ2n) is 13.8. The lowest BCUT2D eigenvalue weighted by molar-refractivity contribution is -0.149. The molecule has 224 valence electrons. The second kappa shape index (κ2) is 9.71. The van der Waals surface area contributed by atoms with Crippen LogP contribution < -0.4 is 10.6 Å². The second-order valence-corrected chi connectivity index (χ2v) is 13.8. The molecule has 5 aliphatic rings. The Labute approximate surface area is 243 Å². The molecule has 1 spiro atoms. The fourth-order valence-corrected chi connectivity index (χ4v) is 7.40. The van der Waals surface area contributed by atoms with Crippen LogP contribution in [0.15, 0.2) is 18.3 Å². The van der Waals surface area contributed by atoms with E-state index in [0.29, 0.717) is 24.2 Å². The van der Waals surface area contributed by atoms with Gasteiger partial charge in [-0.1, -0.05) is 26.8 Å². The van der Waals surface area contributed by atoms with E-state index in [0.717, 1.165) is 0 Å². The first kappa shape index (κ1) is 28.5. The Morgan fingerprint density at radius 2 is 1.98 bits per heavy atom. The third-order valence-electron chi connectivity index (χ3n) is 9.96. The fraction of sp³-hybridized carbons (Fsp3) is 0.667. The molecule has 1 aromatic rings. The van der Waals surface area contributed by atoms with Crippen molar-refractivity contribution in [2.75, 3.05) is 18.4 Å². The number of hydrogen-bond acceptors (Lipinski definition) is 6. The number of nitriles is 1. The van der Waals surface area contributed by atoms with E-state index in [4.69, 9.17) is 0 Å². The lowest BCUT2D eigenvalue weighted by atomic mass is 9.77. The number of rotatable bonds is 4. The number of amides is 4. The van der Waals surface area contributed by atoms with Crippen LogP contribution in [-0.2, 0) is 24.6 Å². The number of carbonyl (C=O) groups excluding carboxylic acids is 4. The molecular weight excluding hydrogens is 546 g/mol. The van der Waals surface area contributed by atoms with Crippen LogP contribution in [0, 0.1) is 28.6 Å². The van der Waals surface area contributed by atoms with Gasteiger partial charge in [-0.25, -0.2) is 13.8 Å². The Kier molecular flexibility index (Phi) is 6.59. The van der Waals surface area contributed by atoms with Crippen LogP contribution in [0.1, 0.15) is 64.9 Å². The van der Waals surface area contributed by atoms with Crippen molar-refractivity contribution >= 4 is 29.4 Å². The fourth-order valence-electron chi connectivity index (χ4n) is 7.40. The van der Waals surface area contributed by atoms with E-state index in [1.807, 2.05) is 0 Å². The predicted octanol–water partition coefficient (Wildman–Crippen LogP) is 2.39. The van der Waals surface area contributed by atoms with E-state index < -0.39 is 64.4 Å². The molecule has 0 aromatic carbocycles. The van der Waals surface area contributed by atoms with Crippen LogP contribution in [0.5, 0.6) is 0 Å². The summed E-state index contributed by atoms with van der Waals surface area (Å²) < 4.78 is 29.4. The number of fused-ring (bicyclic) bond motifs is 3. The molecule has 0 radical (unpaired) electrons. The molecule has 1 aromatic heterocycles. The maximum absolute atomic E-state index is 14.8. The van der Waals surface area contributed by atoms with Gasteiger partial charge in [-0.2, -0.15) is 5.26 Å². The quantitative estimate of drug-likeness (QED) is 0.560. The number of aromatic nitrogens is 1. The minimum absolute atomic E-state index is 0.0690. The van der Waals surface area contributed by atoms with Crippen molar-refractivity contribution in [1.29, 1.82) is 5.26 Å². The third-order valence-corrected chi connectivity index (χ3v) is 9.96. The zero-order valence-electron chi connectivity index (χ0n) is 24.0. The van der Waals surface area contributed by atoms with Gasteiger partial charge in [0.15, 0.2) is 5.67 Å². The summed E-state index contributed by atoms with van der Waals surface area (Å²) in [5, 5.41) is 15.5. The molecule has 2 N–H and O–H groups in total. The highest BCUT2D eigenvalue weighted by atomic mass is 19.1. The van der Waals surface area contributed by atoms with E-state index in [-0.39, 0.29) is 50.6 Å². The number of nitrogens with one attached hydrogen (secondary N) is 2. The van der Waals surface area contributed by atoms with Gasteiger partial charge in [-0.05, 0) is 55.4 Å². The highest BCUT2D eigenvalue weighted by molar-refractivity contribution is 6.06. The van der Waals surface area contributed by atoms with E-state index in [1.54, 1.807) is 39.1 Å². The van der Waals surface area contributed by atoms with Crippen LogP contribution in [0.3, 0.4) is 0 Å². The molecule has 12 heteroatoms. The summed E-state index contributed by atoms with van der Waals surface area (Å²) in [6, 6.07) is 2.48. The number of alkyl halides is 2. The Balaban J connectivity index is 1.34. The SMILES string of the molecule is CC(C)(C)[C@H](NC(=O)C1(F)CC1)C(=O)N1CC2CC[C@@H](F)C[C@@H]2[C@H]1C(=O)N1C[C@]2(C[C@H]1C#N)C(=O)Nc1ncccc12. The molecule has 42 heavy (non-hydrogen) atoms. The topological polar surface area (TPSA) is 136 Å². The number of anilines is 1. The third kappa shape index (κ3) is 4.43. The Bertz CT molecular complexity index is 1390. The van der Waals surface area contributed by atoms with E-state index >= 15 is 0 Å². The van der Waals surface area contributed by atoms with Gasteiger partial charge in [0.2, 0.25) is 17.7 Å². The summed E-state index contributed by atoms with van der Waals surface area (Å²) >= 11 is 0. The van der Waals surface area contributed by atoms with Crippen molar-refractivity contribution in [3.63, 3.8) is 0 Å². The Morgan fingerprint density at radius 3 is 2.64 bits per heavy atom. The first-order chi connectivity index (χ1) is 19.8. The van der Waals surface area contributed by atoms with Crippen LogP contribution in [-0.4, -0.2) is 81.5 Å². The van der Waals surface area contributed by atoms with Gasteiger partial charge in [0.05, 0.1) is 11.5 Å². The zero-order valence-corrected chi connectivity index (χ0v) is 24.0. The number of nitrogens with zero attached hydrogens (tertiary/aromatic N) is 4. The number of likely N-dealkylation sites (tertiary alicyclic amines) is 2. The normalized spacial score (nSPS) is 33.4. The lowest BCUT2D eigenvalue weighted by Crippen LogP contribution is -2.60. The number of hydrogen-bond donors (Lipinski definition) is 2. The number of pyridine rings is 1. The predicted molar refractivity (Wildman–Crippen MR) is 146 cm³/mol. The van der Waals surface area contributed by atoms with Gasteiger partial charge < -0.3 is 20.4 Å². The molecule has 0 bridgehead atoms. The molecule has 3 aliphatic heterocycles. The average molecular weight is 583 g/mol. The highest BCUT2D eigenvalue weighted by Crippen LogP contribution is 2.48. The molecule has 2 saturated carbocycles. The van der Waals surface area contributed by atoms with Crippen LogP contribution in [0.4, 0.5) is 14.6 Å². The van der Waals surface area contributed by atoms with E-state index in [1.165, 1.54) is 9.80 Å². The van der Waals surface area contributed by atoms with Crippen molar-refractivity contribution in [3.05, 3.63) is 23.9 Å². The monoisotopic (exact) mass is 582 g/mol.